The fourth-order valence-corrected chi connectivity index (χ4v) is 4.07. The highest BCUT2D eigenvalue weighted by molar-refractivity contribution is 6.40. The number of amides is 1. The van der Waals surface area contributed by atoms with Crippen molar-refractivity contribution in [2.45, 2.75) is 0 Å². The van der Waals surface area contributed by atoms with Crippen molar-refractivity contribution >= 4 is 28.7 Å². The van der Waals surface area contributed by atoms with Gasteiger partial charge in [0.1, 0.15) is 5.70 Å². The van der Waals surface area contributed by atoms with Gasteiger partial charge in [0.05, 0.1) is 11.3 Å². The zero-order chi connectivity index (χ0) is 22.8. The number of benzene rings is 4. The molecular weight excluding hydrogens is 410 g/mol. The standard InChI is InChI=1S/C29H19NO3/c31-27(21-14-6-2-7-15-21)25(20-12-4-1-5-13-20)26-28(32)23-18-10-11-19-24(23)30(26)29(33)22-16-8-3-9-17-22/h1-19H/b26-25+. The van der Waals surface area contributed by atoms with Crippen LogP contribution in [0.2, 0.25) is 0 Å². The van der Waals surface area contributed by atoms with Crippen molar-refractivity contribution in [3.63, 3.8) is 0 Å². The summed E-state index contributed by atoms with van der Waals surface area (Å²) in [6.07, 6.45) is 0. The first-order valence-corrected chi connectivity index (χ1v) is 10.6. The third kappa shape index (κ3) is 3.58. The largest absolute Gasteiger partial charge is 0.289 e. The van der Waals surface area contributed by atoms with Gasteiger partial charge in [0, 0.05) is 16.7 Å². The Morgan fingerprint density at radius 2 is 1.03 bits per heavy atom. The van der Waals surface area contributed by atoms with E-state index in [2.05, 4.69) is 0 Å². The quantitative estimate of drug-likeness (QED) is 0.303. The predicted molar refractivity (Wildman–Crippen MR) is 128 cm³/mol. The van der Waals surface area contributed by atoms with E-state index < -0.39 is 0 Å². The Morgan fingerprint density at radius 1 is 0.545 bits per heavy atom. The van der Waals surface area contributed by atoms with E-state index in [-0.39, 0.29) is 28.7 Å². The first-order chi connectivity index (χ1) is 16.2. The number of hydrogen-bond acceptors (Lipinski definition) is 3. The van der Waals surface area contributed by atoms with E-state index in [1.165, 1.54) is 4.90 Å². The van der Waals surface area contributed by atoms with Crippen molar-refractivity contribution in [2.24, 2.45) is 0 Å². The van der Waals surface area contributed by atoms with Crippen molar-refractivity contribution in [2.75, 3.05) is 4.90 Å². The number of anilines is 1. The molecule has 4 aromatic carbocycles. The minimum Gasteiger partial charge on any atom is -0.289 e. The van der Waals surface area contributed by atoms with Crippen LogP contribution in [-0.2, 0) is 0 Å². The van der Waals surface area contributed by atoms with Crippen LogP contribution in [0.1, 0.15) is 36.6 Å². The van der Waals surface area contributed by atoms with Gasteiger partial charge in [-0.15, -0.1) is 0 Å². The van der Waals surface area contributed by atoms with E-state index in [9.17, 15) is 14.4 Å². The number of allylic oxidation sites excluding steroid dienone is 2. The summed E-state index contributed by atoms with van der Waals surface area (Å²) in [5.41, 5.74) is 2.59. The molecule has 0 unspecified atom stereocenters. The van der Waals surface area contributed by atoms with E-state index >= 15 is 0 Å². The molecule has 1 aliphatic rings. The van der Waals surface area contributed by atoms with Gasteiger partial charge in [-0.25, -0.2) is 0 Å². The van der Waals surface area contributed by atoms with Crippen LogP contribution in [-0.4, -0.2) is 17.5 Å². The third-order valence-corrected chi connectivity index (χ3v) is 5.61. The molecule has 0 aromatic heterocycles. The molecule has 0 N–H and O–H groups in total. The van der Waals surface area contributed by atoms with Crippen LogP contribution in [0.25, 0.3) is 5.57 Å². The molecule has 0 aliphatic carbocycles. The molecule has 1 heterocycles. The zero-order valence-electron chi connectivity index (χ0n) is 17.6. The normalized spacial score (nSPS) is 14.1. The highest BCUT2D eigenvalue weighted by atomic mass is 16.2. The summed E-state index contributed by atoms with van der Waals surface area (Å²) in [4.78, 5) is 42.5. The minimum absolute atomic E-state index is 0.0742. The molecule has 0 spiro atoms. The average molecular weight is 429 g/mol. The number of rotatable bonds is 4. The molecule has 1 amide bonds. The van der Waals surface area contributed by atoms with Crippen LogP contribution in [0, 0.1) is 0 Å². The summed E-state index contributed by atoms with van der Waals surface area (Å²) in [6, 6.07) is 33.6. The maximum Gasteiger partial charge on any atom is 0.263 e. The maximum atomic E-state index is 13.8. The highest BCUT2D eigenvalue weighted by Crippen LogP contribution is 2.40. The van der Waals surface area contributed by atoms with E-state index in [0.29, 0.717) is 27.9 Å². The molecule has 0 fully saturated rings. The van der Waals surface area contributed by atoms with Crippen molar-refractivity contribution in [1.82, 2.24) is 0 Å². The number of hydrogen-bond donors (Lipinski definition) is 0. The molecule has 0 atom stereocenters. The van der Waals surface area contributed by atoms with Crippen molar-refractivity contribution in [1.29, 1.82) is 0 Å². The molecule has 0 bridgehead atoms. The number of fused-ring (bicyclic) bond motifs is 1. The summed E-state index contributed by atoms with van der Waals surface area (Å²) >= 11 is 0. The van der Waals surface area contributed by atoms with Gasteiger partial charge < -0.3 is 0 Å². The average Bonchev–Trinajstić information content (AvgIpc) is 3.17. The Bertz CT molecular complexity index is 1390. The van der Waals surface area contributed by atoms with Crippen LogP contribution >= 0.6 is 0 Å². The Kier molecular flexibility index (Phi) is 5.25. The molecule has 4 heteroatoms. The van der Waals surface area contributed by atoms with Crippen LogP contribution in [0.5, 0.6) is 0 Å². The topological polar surface area (TPSA) is 54.5 Å². The number of nitrogens with zero attached hydrogens (tertiary/aromatic N) is 1. The monoisotopic (exact) mass is 429 g/mol. The molecular formula is C29H19NO3. The summed E-state index contributed by atoms with van der Waals surface area (Å²) in [5, 5.41) is 0. The second-order valence-corrected chi connectivity index (χ2v) is 7.64. The Balaban J connectivity index is 1.80. The van der Waals surface area contributed by atoms with Gasteiger partial charge in [0.15, 0.2) is 5.78 Å². The van der Waals surface area contributed by atoms with Gasteiger partial charge in [-0.05, 0) is 29.8 Å². The Hall–Kier alpha value is -4.57. The first kappa shape index (κ1) is 20.3. The van der Waals surface area contributed by atoms with E-state index in [0.717, 1.165) is 0 Å². The van der Waals surface area contributed by atoms with Crippen LogP contribution in [0.15, 0.2) is 121 Å². The van der Waals surface area contributed by atoms with Crippen molar-refractivity contribution in [3.05, 3.63) is 143 Å². The molecule has 4 nitrogen and oxygen atoms in total. The second-order valence-electron chi connectivity index (χ2n) is 7.64. The molecule has 158 valence electrons. The molecule has 0 saturated carbocycles. The summed E-state index contributed by atoms with van der Waals surface area (Å²) in [7, 11) is 0. The molecule has 33 heavy (non-hydrogen) atoms. The van der Waals surface area contributed by atoms with Gasteiger partial charge in [0.25, 0.3) is 5.91 Å². The number of carbonyl (C=O) groups excluding carboxylic acids is 3. The summed E-state index contributed by atoms with van der Waals surface area (Å²) in [6.45, 7) is 0. The van der Waals surface area contributed by atoms with Crippen LogP contribution < -0.4 is 4.90 Å². The Labute approximate surface area is 191 Å². The summed E-state index contributed by atoms with van der Waals surface area (Å²) in [5.74, 6) is -1.03. The lowest BCUT2D eigenvalue weighted by molar-refractivity contribution is 0.0972. The number of Topliss-reactive ketones (excluding diaryl/α,β-unsaturated/α-hetero) is 2. The van der Waals surface area contributed by atoms with E-state index in [1.54, 1.807) is 84.9 Å². The van der Waals surface area contributed by atoms with Crippen LogP contribution in [0.4, 0.5) is 5.69 Å². The van der Waals surface area contributed by atoms with Crippen molar-refractivity contribution < 1.29 is 14.4 Å². The smallest absolute Gasteiger partial charge is 0.263 e. The summed E-state index contributed by atoms with van der Waals surface area (Å²) < 4.78 is 0. The van der Waals surface area contributed by atoms with E-state index in [4.69, 9.17) is 0 Å². The van der Waals surface area contributed by atoms with Gasteiger partial charge in [-0.2, -0.15) is 0 Å². The second kappa shape index (κ2) is 8.52. The number of carbonyl (C=O) groups is 3. The third-order valence-electron chi connectivity index (χ3n) is 5.61. The Morgan fingerprint density at radius 3 is 1.64 bits per heavy atom. The fourth-order valence-electron chi connectivity index (χ4n) is 4.07. The minimum atomic E-state index is -0.363. The molecule has 1 aliphatic heterocycles. The highest BCUT2D eigenvalue weighted by Gasteiger charge is 2.40. The number of para-hydroxylation sites is 1. The molecule has 0 saturated heterocycles. The SMILES string of the molecule is O=C(/C(=C1\C(=O)c2ccccc2N1C(=O)c1ccccc1)c1ccccc1)c1ccccc1. The van der Waals surface area contributed by atoms with Gasteiger partial charge in [-0.1, -0.05) is 91.0 Å². The van der Waals surface area contributed by atoms with Crippen LogP contribution in [0.3, 0.4) is 0 Å². The lowest BCUT2D eigenvalue weighted by Gasteiger charge is -2.21. The van der Waals surface area contributed by atoms with Gasteiger partial charge in [-0.3, -0.25) is 19.3 Å². The van der Waals surface area contributed by atoms with Gasteiger partial charge >= 0.3 is 0 Å². The fraction of sp³-hybridized carbons (Fsp3) is 0. The number of ketones is 2. The molecule has 4 aromatic rings. The predicted octanol–water partition coefficient (Wildman–Crippen LogP) is 5.82. The van der Waals surface area contributed by atoms with Crippen molar-refractivity contribution in [3.8, 4) is 0 Å². The molecule has 0 radical (unpaired) electrons. The zero-order valence-corrected chi connectivity index (χ0v) is 17.6. The molecule has 5 rings (SSSR count). The van der Waals surface area contributed by atoms with Gasteiger partial charge in [0.2, 0.25) is 5.78 Å². The maximum absolute atomic E-state index is 13.8. The lowest BCUT2D eigenvalue weighted by atomic mass is 9.93. The lowest BCUT2D eigenvalue weighted by Crippen LogP contribution is -2.30. The van der Waals surface area contributed by atoms with E-state index in [1.807, 2.05) is 30.3 Å². The first-order valence-electron chi connectivity index (χ1n) is 10.6.